The number of nitrogens with one attached hydrogen (secondary N) is 1. The second-order valence-electron chi connectivity index (χ2n) is 5.88. The molecule has 3 nitrogen and oxygen atoms in total. The Morgan fingerprint density at radius 2 is 2.20 bits per heavy atom. The minimum absolute atomic E-state index is 0.513. The number of benzene rings is 1. The van der Waals surface area contributed by atoms with Crippen molar-refractivity contribution < 1.29 is 4.74 Å². The number of fused-ring (bicyclic) bond motifs is 1. The van der Waals surface area contributed by atoms with Gasteiger partial charge in [0, 0.05) is 36.2 Å². The first-order valence-corrected chi connectivity index (χ1v) is 8.37. The largest absolute Gasteiger partial charge is 0.379 e. The number of halogens is 1. The molecule has 1 aromatic carbocycles. The van der Waals surface area contributed by atoms with E-state index in [0.29, 0.717) is 12.1 Å². The monoisotopic (exact) mass is 338 g/mol. The van der Waals surface area contributed by atoms with Crippen LogP contribution in [0.25, 0.3) is 0 Å². The number of morpholine rings is 1. The van der Waals surface area contributed by atoms with E-state index in [1.807, 2.05) is 0 Å². The Bertz CT molecular complexity index is 460. The van der Waals surface area contributed by atoms with Gasteiger partial charge in [0.25, 0.3) is 0 Å². The average Bonchev–Trinajstić information content (AvgIpc) is 2.84. The Morgan fingerprint density at radius 3 is 3.00 bits per heavy atom. The lowest BCUT2D eigenvalue weighted by Crippen LogP contribution is -2.45. The lowest BCUT2D eigenvalue weighted by molar-refractivity contribution is 0.0338. The molecular formula is C16H23BrN2O. The Morgan fingerprint density at radius 1 is 1.40 bits per heavy atom. The summed E-state index contributed by atoms with van der Waals surface area (Å²) in [4.78, 5) is 2.50. The van der Waals surface area contributed by atoms with Crippen LogP contribution >= 0.6 is 15.9 Å². The molecule has 1 heterocycles. The molecule has 1 aliphatic carbocycles. The van der Waals surface area contributed by atoms with E-state index >= 15 is 0 Å². The molecule has 1 N–H and O–H groups in total. The fraction of sp³-hybridized carbons (Fsp3) is 0.625. The van der Waals surface area contributed by atoms with Crippen LogP contribution in [0.1, 0.15) is 30.5 Å². The van der Waals surface area contributed by atoms with Crippen molar-refractivity contribution in [1.82, 2.24) is 10.2 Å². The zero-order valence-corrected chi connectivity index (χ0v) is 13.7. The Balaban J connectivity index is 1.58. The fourth-order valence-electron chi connectivity index (χ4n) is 3.35. The summed E-state index contributed by atoms with van der Waals surface area (Å²) in [5.74, 6) is 0. The molecule has 3 rings (SSSR count). The Kier molecular flexibility index (Phi) is 4.76. The van der Waals surface area contributed by atoms with E-state index in [2.05, 4.69) is 51.3 Å². The first-order chi connectivity index (χ1) is 9.74. The summed E-state index contributed by atoms with van der Waals surface area (Å²) in [5, 5.41) is 3.81. The van der Waals surface area contributed by atoms with Crippen molar-refractivity contribution in [1.29, 1.82) is 0 Å². The summed E-state index contributed by atoms with van der Waals surface area (Å²) in [7, 11) is 0. The van der Waals surface area contributed by atoms with Crippen LogP contribution < -0.4 is 5.32 Å². The summed E-state index contributed by atoms with van der Waals surface area (Å²) < 4.78 is 6.67. The minimum atomic E-state index is 0.513. The third-order valence-electron chi connectivity index (χ3n) is 4.33. The van der Waals surface area contributed by atoms with Gasteiger partial charge >= 0.3 is 0 Å². The second kappa shape index (κ2) is 6.56. The van der Waals surface area contributed by atoms with Crippen molar-refractivity contribution >= 4 is 15.9 Å². The van der Waals surface area contributed by atoms with E-state index in [1.54, 1.807) is 0 Å². The molecule has 1 saturated heterocycles. The van der Waals surface area contributed by atoms with Gasteiger partial charge in [0.1, 0.15) is 0 Å². The molecule has 1 fully saturated rings. The van der Waals surface area contributed by atoms with Gasteiger partial charge in [0.2, 0.25) is 0 Å². The molecule has 0 radical (unpaired) electrons. The van der Waals surface area contributed by atoms with Crippen LogP contribution in [0, 0.1) is 0 Å². The molecular weight excluding hydrogens is 316 g/mol. The average molecular weight is 339 g/mol. The number of ether oxygens (including phenoxy) is 1. The number of nitrogens with zero attached hydrogens (tertiary/aromatic N) is 1. The van der Waals surface area contributed by atoms with Crippen LogP contribution in [-0.4, -0.2) is 43.8 Å². The minimum Gasteiger partial charge on any atom is -0.379 e. The van der Waals surface area contributed by atoms with Gasteiger partial charge in [0.05, 0.1) is 13.2 Å². The Labute approximate surface area is 129 Å². The molecule has 1 aliphatic heterocycles. The second-order valence-corrected chi connectivity index (χ2v) is 6.73. The van der Waals surface area contributed by atoms with Gasteiger partial charge in [0.15, 0.2) is 0 Å². The van der Waals surface area contributed by atoms with E-state index < -0.39 is 0 Å². The van der Waals surface area contributed by atoms with Crippen LogP contribution in [0.15, 0.2) is 22.7 Å². The standard InChI is InChI=1S/C16H23BrN2O/c1-12(11-19-7-9-20-10-8-19)18-16-6-5-13-14(16)3-2-4-15(13)17/h2-4,12,16,18H,5-11H2,1H3. The molecule has 0 aromatic heterocycles. The van der Waals surface area contributed by atoms with Gasteiger partial charge in [-0.15, -0.1) is 0 Å². The highest BCUT2D eigenvalue weighted by molar-refractivity contribution is 9.10. The van der Waals surface area contributed by atoms with Crippen LogP contribution in [-0.2, 0) is 11.2 Å². The molecule has 0 spiro atoms. The molecule has 2 aliphatic rings. The van der Waals surface area contributed by atoms with E-state index in [4.69, 9.17) is 4.74 Å². The predicted molar refractivity (Wildman–Crippen MR) is 85.1 cm³/mol. The molecule has 2 atom stereocenters. The number of hydrogen-bond acceptors (Lipinski definition) is 3. The van der Waals surface area contributed by atoms with E-state index in [9.17, 15) is 0 Å². The maximum Gasteiger partial charge on any atom is 0.0594 e. The van der Waals surface area contributed by atoms with Gasteiger partial charge in [-0.1, -0.05) is 28.1 Å². The first-order valence-electron chi connectivity index (χ1n) is 7.57. The molecule has 20 heavy (non-hydrogen) atoms. The lowest BCUT2D eigenvalue weighted by atomic mass is 10.1. The van der Waals surface area contributed by atoms with E-state index in [0.717, 1.165) is 32.8 Å². The van der Waals surface area contributed by atoms with E-state index in [-0.39, 0.29) is 0 Å². The van der Waals surface area contributed by atoms with Crippen molar-refractivity contribution in [3.8, 4) is 0 Å². The first kappa shape index (κ1) is 14.5. The quantitative estimate of drug-likeness (QED) is 0.913. The molecule has 0 saturated carbocycles. The summed E-state index contributed by atoms with van der Waals surface area (Å²) in [6.07, 6.45) is 2.39. The van der Waals surface area contributed by atoms with Gasteiger partial charge in [-0.05, 0) is 37.0 Å². The number of hydrogen-bond donors (Lipinski definition) is 1. The van der Waals surface area contributed by atoms with Crippen LogP contribution in [0.5, 0.6) is 0 Å². The summed E-state index contributed by atoms with van der Waals surface area (Å²) >= 11 is 3.67. The highest BCUT2D eigenvalue weighted by Crippen LogP contribution is 2.35. The van der Waals surface area contributed by atoms with Gasteiger partial charge in [-0.25, -0.2) is 0 Å². The highest BCUT2D eigenvalue weighted by Gasteiger charge is 2.25. The van der Waals surface area contributed by atoms with Crippen molar-refractivity contribution in [2.24, 2.45) is 0 Å². The highest BCUT2D eigenvalue weighted by atomic mass is 79.9. The zero-order chi connectivity index (χ0) is 13.9. The van der Waals surface area contributed by atoms with Gasteiger partial charge < -0.3 is 10.1 Å². The molecule has 110 valence electrons. The Hall–Kier alpha value is -0.420. The van der Waals surface area contributed by atoms with Gasteiger partial charge in [-0.2, -0.15) is 0 Å². The van der Waals surface area contributed by atoms with Crippen LogP contribution in [0.2, 0.25) is 0 Å². The van der Waals surface area contributed by atoms with Crippen LogP contribution in [0.4, 0.5) is 0 Å². The lowest BCUT2D eigenvalue weighted by Gasteiger charge is -2.30. The van der Waals surface area contributed by atoms with Crippen molar-refractivity contribution in [2.75, 3.05) is 32.8 Å². The molecule has 4 heteroatoms. The normalized spacial score (nSPS) is 24.6. The van der Waals surface area contributed by atoms with E-state index in [1.165, 1.54) is 28.4 Å². The molecule has 0 bridgehead atoms. The molecule has 0 amide bonds. The van der Waals surface area contributed by atoms with Crippen molar-refractivity contribution in [3.63, 3.8) is 0 Å². The van der Waals surface area contributed by atoms with Crippen molar-refractivity contribution in [3.05, 3.63) is 33.8 Å². The SMILES string of the molecule is CC(CN1CCOCC1)NC1CCc2c(Br)cccc21. The third-order valence-corrected chi connectivity index (χ3v) is 5.08. The van der Waals surface area contributed by atoms with Crippen molar-refractivity contribution in [2.45, 2.75) is 31.8 Å². The topological polar surface area (TPSA) is 24.5 Å². The smallest absolute Gasteiger partial charge is 0.0594 e. The summed E-state index contributed by atoms with van der Waals surface area (Å²) in [5.41, 5.74) is 2.97. The van der Waals surface area contributed by atoms with Crippen LogP contribution in [0.3, 0.4) is 0 Å². The molecule has 1 aromatic rings. The predicted octanol–water partition coefficient (Wildman–Crippen LogP) is 2.75. The molecule has 2 unspecified atom stereocenters. The van der Waals surface area contributed by atoms with Gasteiger partial charge in [-0.3, -0.25) is 4.90 Å². The maximum atomic E-state index is 5.41. The fourth-order valence-corrected chi connectivity index (χ4v) is 3.93. The summed E-state index contributed by atoms with van der Waals surface area (Å²) in [6, 6.07) is 7.60. The number of rotatable bonds is 4. The zero-order valence-electron chi connectivity index (χ0n) is 12.1. The third kappa shape index (κ3) is 3.25. The maximum absolute atomic E-state index is 5.41. The summed E-state index contributed by atoms with van der Waals surface area (Å²) in [6.45, 7) is 7.31.